The van der Waals surface area contributed by atoms with E-state index < -0.39 is 47.9 Å². The summed E-state index contributed by atoms with van der Waals surface area (Å²) in [6, 6.07) is 25.7. The molecule has 35 heavy (non-hydrogen) atoms. The van der Waals surface area contributed by atoms with Gasteiger partial charge < -0.3 is 19.7 Å². The van der Waals surface area contributed by atoms with Gasteiger partial charge in [0.2, 0.25) is 0 Å². The molecule has 3 aromatic rings. The SMILES string of the molecule is O=C(OC[C@@H]1[C@@H](OC(=O)c2ccccc2)[C@@H](O)[C@@H](O)C(=O)[C@H]1Cc1ccccc1)c1ccccc1. The summed E-state index contributed by atoms with van der Waals surface area (Å²) < 4.78 is 11.1. The molecule has 0 bridgehead atoms. The number of aliphatic hydroxyl groups excluding tert-OH is 2. The molecule has 0 saturated heterocycles. The largest absolute Gasteiger partial charge is 0.462 e. The fourth-order valence-electron chi connectivity index (χ4n) is 4.34. The molecular weight excluding hydrogens is 448 g/mol. The van der Waals surface area contributed by atoms with Crippen LogP contribution in [-0.4, -0.2) is 52.9 Å². The molecule has 0 unspecified atom stereocenters. The van der Waals surface area contributed by atoms with Crippen LogP contribution in [0.5, 0.6) is 0 Å². The van der Waals surface area contributed by atoms with Gasteiger partial charge in [-0.15, -0.1) is 0 Å². The fourth-order valence-corrected chi connectivity index (χ4v) is 4.34. The monoisotopic (exact) mass is 474 g/mol. The summed E-state index contributed by atoms with van der Waals surface area (Å²) in [4.78, 5) is 38.5. The summed E-state index contributed by atoms with van der Waals surface area (Å²) in [5, 5.41) is 21.3. The van der Waals surface area contributed by atoms with E-state index in [1.54, 1.807) is 60.7 Å². The van der Waals surface area contributed by atoms with Crippen LogP contribution in [0, 0.1) is 11.8 Å². The van der Waals surface area contributed by atoms with Crippen molar-refractivity contribution in [2.45, 2.75) is 24.7 Å². The third-order valence-corrected chi connectivity index (χ3v) is 6.22. The number of rotatable bonds is 7. The van der Waals surface area contributed by atoms with Gasteiger partial charge in [-0.1, -0.05) is 66.7 Å². The average Bonchev–Trinajstić information content (AvgIpc) is 2.91. The van der Waals surface area contributed by atoms with E-state index in [1.165, 1.54) is 0 Å². The van der Waals surface area contributed by atoms with Crippen LogP contribution in [0.1, 0.15) is 26.3 Å². The highest BCUT2D eigenvalue weighted by atomic mass is 16.6. The van der Waals surface area contributed by atoms with Gasteiger partial charge in [-0.25, -0.2) is 9.59 Å². The number of benzene rings is 3. The molecule has 0 amide bonds. The minimum absolute atomic E-state index is 0.219. The Morgan fingerprint density at radius 1 is 0.743 bits per heavy atom. The summed E-state index contributed by atoms with van der Waals surface area (Å²) in [6.45, 7) is -0.284. The van der Waals surface area contributed by atoms with Crippen molar-refractivity contribution in [3.63, 3.8) is 0 Å². The fraction of sp³-hybridized carbons (Fsp3) is 0.250. The number of ether oxygens (including phenoxy) is 2. The van der Waals surface area contributed by atoms with Crippen LogP contribution in [0.3, 0.4) is 0 Å². The number of ketones is 1. The Morgan fingerprint density at radius 3 is 1.83 bits per heavy atom. The van der Waals surface area contributed by atoms with Crippen molar-refractivity contribution in [2.24, 2.45) is 11.8 Å². The first kappa shape index (κ1) is 24.3. The molecule has 4 rings (SSSR count). The maximum absolute atomic E-state index is 13.1. The zero-order valence-corrected chi connectivity index (χ0v) is 18.9. The molecule has 7 nitrogen and oxygen atoms in total. The maximum Gasteiger partial charge on any atom is 0.338 e. The zero-order valence-electron chi connectivity index (χ0n) is 18.9. The molecule has 5 atom stereocenters. The van der Waals surface area contributed by atoms with Crippen LogP contribution in [0.25, 0.3) is 0 Å². The quantitative estimate of drug-likeness (QED) is 0.507. The van der Waals surface area contributed by atoms with E-state index in [-0.39, 0.29) is 18.6 Å². The lowest BCUT2D eigenvalue weighted by Gasteiger charge is -2.41. The van der Waals surface area contributed by atoms with E-state index in [9.17, 15) is 24.6 Å². The smallest absolute Gasteiger partial charge is 0.338 e. The Labute approximate surface area is 202 Å². The van der Waals surface area contributed by atoms with Crippen molar-refractivity contribution >= 4 is 17.7 Å². The summed E-state index contributed by atoms with van der Waals surface area (Å²) in [6.07, 6.45) is -4.45. The number of carbonyl (C=O) groups is 3. The average molecular weight is 475 g/mol. The number of carbonyl (C=O) groups excluding carboxylic acids is 3. The number of aliphatic hydroxyl groups is 2. The number of esters is 2. The lowest BCUT2D eigenvalue weighted by Crippen LogP contribution is -2.59. The minimum Gasteiger partial charge on any atom is -0.462 e. The second-order valence-corrected chi connectivity index (χ2v) is 8.50. The van der Waals surface area contributed by atoms with Gasteiger partial charge in [0.1, 0.15) is 18.3 Å². The summed E-state index contributed by atoms with van der Waals surface area (Å²) in [5.41, 5.74) is 1.40. The van der Waals surface area contributed by atoms with Crippen molar-refractivity contribution in [3.05, 3.63) is 108 Å². The predicted molar refractivity (Wildman–Crippen MR) is 127 cm³/mol. The van der Waals surface area contributed by atoms with Crippen molar-refractivity contribution in [1.29, 1.82) is 0 Å². The standard InChI is InChI=1S/C28H26O7/c29-23-21(16-18-10-4-1-5-11-18)22(17-34-27(32)19-12-6-2-7-13-19)26(25(31)24(23)30)35-28(33)20-14-8-3-9-15-20/h1-15,21-22,24-26,30-31H,16-17H2/t21-,22-,24-,25-,26+/m0/s1. The summed E-state index contributed by atoms with van der Waals surface area (Å²) in [5.74, 6) is -3.64. The molecule has 0 aromatic heterocycles. The Kier molecular flexibility index (Phi) is 7.70. The van der Waals surface area contributed by atoms with Gasteiger partial charge in [-0.2, -0.15) is 0 Å². The van der Waals surface area contributed by atoms with E-state index in [1.807, 2.05) is 30.3 Å². The second kappa shape index (κ2) is 11.1. The van der Waals surface area contributed by atoms with Gasteiger partial charge in [-0.05, 0) is 36.2 Å². The zero-order chi connectivity index (χ0) is 24.8. The van der Waals surface area contributed by atoms with Gasteiger partial charge in [0.25, 0.3) is 0 Å². The molecule has 1 saturated carbocycles. The Bertz CT molecular complexity index is 1150. The first-order valence-electron chi connectivity index (χ1n) is 11.4. The highest BCUT2D eigenvalue weighted by Gasteiger charge is 2.51. The van der Waals surface area contributed by atoms with E-state index in [0.29, 0.717) is 5.56 Å². The summed E-state index contributed by atoms with van der Waals surface area (Å²) in [7, 11) is 0. The lowest BCUT2D eigenvalue weighted by atomic mass is 9.71. The molecule has 0 spiro atoms. The summed E-state index contributed by atoms with van der Waals surface area (Å²) >= 11 is 0. The number of hydrogen-bond donors (Lipinski definition) is 2. The molecule has 0 heterocycles. The molecular formula is C28H26O7. The first-order valence-corrected chi connectivity index (χ1v) is 11.4. The molecule has 180 valence electrons. The van der Waals surface area contributed by atoms with Crippen LogP contribution in [0.4, 0.5) is 0 Å². The minimum atomic E-state index is -1.74. The highest BCUT2D eigenvalue weighted by molar-refractivity contribution is 5.91. The third-order valence-electron chi connectivity index (χ3n) is 6.22. The second-order valence-electron chi connectivity index (χ2n) is 8.50. The van der Waals surface area contributed by atoms with Gasteiger partial charge in [0, 0.05) is 11.8 Å². The molecule has 0 aliphatic heterocycles. The molecule has 1 aliphatic rings. The van der Waals surface area contributed by atoms with Gasteiger partial charge in [0.15, 0.2) is 5.78 Å². The van der Waals surface area contributed by atoms with Crippen LogP contribution in [0.15, 0.2) is 91.0 Å². The highest BCUT2D eigenvalue weighted by Crippen LogP contribution is 2.34. The topological polar surface area (TPSA) is 110 Å². The molecule has 2 N–H and O–H groups in total. The maximum atomic E-state index is 13.1. The van der Waals surface area contributed by atoms with E-state index in [2.05, 4.69) is 0 Å². The Morgan fingerprint density at radius 2 is 1.26 bits per heavy atom. The first-order chi connectivity index (χ1) is 17.0. The van der Waals surface area contributed by atoms with Gasteiger partial charge in [0.05, 0.1) is 17.7 Å². The predicted octanol–water partition coefficient (Wildman–Crippen LogP) is 2.85. The normalized spacial score (nSPS) is 23.9. The van der Waals surface area contributed by atoms with E-state index in [0.717, 1.165) is 5.56 Å². The molecule has 7 heteroatoms. The van der Waals surface area contributed by atoms with Crippen LogP contribution < -0.4 is 0 Å². The van der Waals surface area contributed by atoms with Crippen molar-refractivity contribution in [3.8, 4) is 0 Å². The van der Waals surface area contributed by atoms with Crippen LogP contribution in [0.2, 0.25) is 0 Å². The molecule has 1 fully saturated rings. The molecule has 1 aliphatic carbocycles. The van der Waals surface area contributed by atoms with E-state index in [4.69, 9.17) is 9.47 Å². The van der Waals surface area contributed by atoms with Gasteiger partial charge >= 0.3 is 11.9 Å². The van der Waals surface area contributed by atoms with Crippen LogP contribution in [-0.2, 0) is 20.7 Å². The number of hydrogen-bond acceptors (Lipinski definition) is 7. The van der Waals surface area contributed by atoms with Gasteiger partial charge in [-0.3, -0.25) is 4.79 Å². The van der Waals surface area contributed by atoms with Crippen molar-refractivity contribution in [2.75, 3.05) is 6.61 Å². The van der Waals surface area contributed by atoms with Crippen LogP contribution >= 0.6 is 0 Å². The molecule has 0 radical (unpaired) electrons. The molecule has 3 aromatic carbocycles. The lowest BCUT2D eigenvalue weighted by molar-refractivity contribution is -0.168. The van der Waals surface area contributed by atoms with E-state index >= 15 is 0 Å². The third kappa shape index (κ3) is 5.65. The Balaban J connectivity index is 1.62. The van der Waals surface area contributed by atoms with Crippen molar-refractivity contribution < 1.29 is 34.1 Å². The number of Topliss-reactive ketones (excluding diaryl/α,β-unsaturated/α-hetero) is 1. The Hall–Kier alpha value is -3.81. The van der Waals surface area contributed by atoms with Crippen molar-refractivity contribution in [1.82, 2.24) is 0 Å².